The maximum atomic E-state index is 12.5. The van der Waals surface area contributed by atoms with Gasteiger partial charge in [-0.05, 0) is 54.8 Å². The van der Waals surface area contributed by atoms with E-state index in [2.05, 4.69) is 4.98 Å². The lowest BCUT2D eigenvalue weighted by Crippen LogP contribution is -2.27. The first-order valence-electron chi connectivity index (χ1n) is 9.18. The van der Waals surface area contributed by atoms with Gasteiger partial charge in [-0.1, -0.05) is 24.3 Å². The number of aryl methyl sites for hydroxylation is 2. The highest BCUT2D eigenvalue weighted by atomic mass is 16.5. The molecule has 148 valence electrons. The van der Waals surface area contributed by atoms with Crippen LogP contribution in [-0.4, -0.2) is 31.1 Å². The second-order valence-electron chi connectivity index (χ2n) is 6.31. The summed E-state index contributed by atoms with van der Waals surface area (Å²) in [5, 5.41) is 0. The van der Waals surface area contributed by atoms with E-state index >= 15 is 0 Å². The van der Waals surface area contributed by atoms with Crippen LogP contribution in [-0.2, 0) is 31.9 Å². The Bertz CT molecular complexity index is 977. The van der Waals surface area contributed by atoms with E-state index in [0.717, 1.165) is 29.8 Å². The summed E-state index contributed by atoms with van der Waals surface area (Å²) < 4.78 is 9.78. The molecule has 3 rings (SSSR count). The van der Waals surface area contributed by atoms with Crippen molar-refractivity contribution >= 4 is 17.6 Å². The Hall–Kier alpha value is -3.67. The summed E-state index contributed by atoms with van der Waals surface area (Å²) in [6.07, 6.45) is 10.1. The molecule has 2 heterocycles. The Morgan fingerprint density at radius 2 is 1.79 bits per heavy atom. The third-order valence-corrected chi connectivity index (χ3v) is 4.47. The minimum absolute atomic E-state index is 0.103. The number of pyridine rings is 1. The molecule has 2 aromatic rings. The Morgan fingerprint density at radius 1 is 0.966 bits per heavy atom. The zero-order valence-corrected chi connectivity index (χ0v) is 16.4. The lowest BCUT2D eigenvalue weighted by atomic mass is 10.1. The summed E-state index contributed by atoms with van der Waals surface area (Å²) in [6.45, 7) is 0. The molecule has 0 saturated carbocycles. The van der Waals surface area contributed by atoms with E-state index in [4.69, 9.17) is 9.47 Å². The molecule has 0 unspecified atom stereocenters. The number of anilines is 1. The lowest BCUT2D eigenvalue weighted by molar-refractivity contribution is -0.139. The zero-order chi connectivity index (χ0) is 20.6. The maximum absolute atomic E-state index is 12.5. The van der Waals surface area contributed by atoms with Crippen LogP contribution in [0.25, 0.3) is 0 Å². The number of aromatic nitrogens is 1. The molecular formula is C23H22N2O4. The molecule has 1 aromatic carbocycles. The zero-order valence-electron chi connectivity index (χ0n) is 16.4. The second kappa shape index (κ2) is 9.50. The molecule has 6 nitrogen and oxygen atoms in total. The number of hydrogen-bond donors (Lipinski definition) is 0. The van der Waals surface area contributed by atoms with E-state index in [0.29, 0.717) is 0 Å². The van der Waals surface area contributed by atoms with Crippen LogP contribution in [0.1, 0.15) is 11.3 Å². The average Bonchev–Trinajstić information content (AvgIpc) is 3.00. The molecule has 1 aromatic heterocycles. The van der Waals surface area contributed by atoms with Gasteiger partial charge in [-0.3, -0.25) is 4.98 Å². The second-order valence-corrected chi connectivity index (χ2v) is 6.31. The normalized spacial score (nSPS) is 13.2. The summed E-state index contributed by atoms with van der Waals surface area (Å²) in [4.78, 5) is 30.8. The van der Waals surface area contributed by atoms with E-state index in [9.17, 15) is 9.59 Å². The molecule has 0 atom stereocenters. The molecule has 0 spiro atoms. The largest absolute Gasteiger partial charge is 0.465 e. The number of allylic oxidation sites excluding steroid dienone is 2. The van der Waals surface area contributed by atoms with Crippen LogP contribution in [0.15, 0.2) is 84.4 Å². The van der Waals surface area contributed by atoms with Crippen molar-refractivity contribution in [2.24, 2.45) is 0 Å². The van der Waals surface area contributed by atoms with Gasteiger partial charge in [0.1, 0.15) is 5.70 Å². The van der Waals surface area contributed by atoms with Crippen LogP contribution in [0.2, 0.25) is 0 Å². The number of hydrogen-bond acceptors (Lipinski definition) is 6. The topological polar surface area (TPSA) is 68.7 Å². The maximum Gasteiger partial charge on any atom is 0.355 e. The first-order valence-corrected chi connectivity index (χ1v) is 9.18. The van der Waals surface area contributed by atoms with Gasteiger partial charge in [-0.25, -0.2) is 9.59 Å². The number of carbonyl (C=O) groups is 2. The van der Waals surface area contributed by atoms with E-state index in [1.807, 2.05) is 42.5 Å². The van der Waals surface area contributed by atoms with Crippen molar-refractivity contribution in [3.8, 4) is 0 Å². The number of nitrogens with zero attached hydrogens (tertiary/aromatic N) is 2. The summed E-state index contributed by atoms with van der Waals surface area (Å²) >= 11 is 0. The molecule has 0 saturated heterocycles. The van der Waals surface area contributed by atoms with Crippen LogP contribution in [0.4, 0.5) is 5.69 Å². The first-order chi connectivity index (χ1) is 14.1. The van der Waals surface area contributed by atoms with E-state index in [1.54, 1.807) is 35.5 Å². The third kappa shape index (κ3) is 4.79. The van der Waals surface area contributed by atoms with Gasteiger partial charge in [-0.2, -0.15) is 0 Å². The van der Waals surface area contributed by atoms with Gasteiger partial charge in [0.25, 0.3) is 0 Å². The summed E-state index contributed by atoms with van der Waals surface area (Å²) in [7, 11) is 2.56. The molecule has 0 radical (unpaired) electrons. The summed E-state index contributed by atoms with van der Waals surface area (Å²) in [5.41, 5.74) is 3.07. The van der Waals surface area contributed by atoms with Crippen LogP contribution < -0.4 is 4.90 Å². The fraction of sp³-hybridized carbons (Fsp3) is 0.174. The van der Waals surface area contributed by atoms with Gasteiger partial charge in [-0.15, -0.1) is 0 Å². The fourth-order valence-electron chi connectivity index (χ4n) is 3.05. The lowest BCUT2D eigenvalue weighted by Gasteiger charge is -2.23. The number of rotatable bonds is 6. The Morgan fingerprint density at radius 3 is 2.52 bits per heavy atom. The molecular weight excluding hydrogens is 368 g/mol. The Balaban J connectivity index is 1.94. The number of benzene rings is 1. The van der Waals surface area contributed by atoms with Crippen molar-refractivity contribution in [2.45, 2.75) is 12.8 Å². The summed E-state index contributed by atoms with van der Waals surface area (Å²) in [5.74, 6) is -1.23. The van der Waals surface area contributed by atoms with Gasteiger partial charge in [0.2, 0.25) is 0 Å². The molecule has 29 heavy (non-hydrogen) atoms. The molecule has 0 amide bonds. The average molecular weight is 390 g/mol. The van der Waals surface area contributed by atoms with Gasteiger partial charge in [0.05, 0.1) is 19.8 Å². The first kappa shape index (κ1) is 20.1. The van der Waals surface area contributed by atoms with E-state index in [-0.39, 0.29) is 11.3 Å². The Kier molecular flexibility index (Phi) is 6.58. The predicted molar refractivity (Wildman–Crippen MR) is 110 cm³/mol. The van der Waals surface area contributed by atoms with E-state index in [1.165, 1.54) is 14.2 Å². The number of carbonyl (C=O) groups excluding carboxylic acids is 2. The molecule has 0 fully saturated rings. The smallest absolute Gasteiger partial charge is 0.355 e. The molecule has 6 heteroatoms. The van der Waals surface area contributed by atoms with Crippen LogP contribution in [0.5, 0.6) is 0 Å². The fourth-order valence-corrected chi connectivity index (χ4v) is 3.05. The van der Waals surface area contributed by atoms with Crippen molar-refractivity contribution < 1.29 is 19.1 Å². The molecule has 0 aliphatic carbocycles. The quantitative estimate of drug-likeness (QED) is 0.705. The van der Waals surface area contributed by atoms with Gasteiger partial charge >= 0.3 is 11.9 Å². The Labute approximate surface area is 169 Å². The van der Waals surface area contributed by atoms with E-state index < -0.39 is 11.9 Å². The summed E-state index contributed by atoms with van der Waals surface area (Å²) in [6, 6.07) is 13.7. The number of methoxy groups -OCH3 is 2. The SMILES string of the molecule is COC(=O)C1=C(C(=O)OC)N(c2cccc(CCc3ccccn3)c2)C=CC=C1. The number of esters is 2. The van der Waals surface area contributed by atoms with Crippen molar-refractivity contribution in [1.29, 1.82) is 0 Å². The minimum atomic E-state index is -0.625. The molecule has 1 aliphatic heterocycles. The highest BCUT2D eigenvalue weighted by Gasteiger charge is 2.27. The monoisotopic (exact) mass is 390 g/mol. The van der Waals surface area contributed by atoms with Crippen LogP contribution in [0.3, 0.4) is 0 Å². The van der Waals surface area contributed by atoms with Gasteiger partial charge < -0.3 is 14.4 Å². The number of ether oxygens (including phenoxy) is 2. The predicted octanol–water partition coefficient (Wildman–Crippen LogP) is 3.36. The van der Waals surface area contributed by atoms with Crippen molar-refractivity contribution in [3.05, 3.63) is 95.6 Å². The van der Waals surface area contributed by atoms with Crippen molar-refractivity contribution in [1.82, 2.24) is 4.98 Å². The van der Waals surface area contributed by atoms with Crippen LogP contribution in [0, 0.1) is 0 Å². The van der Waals surface area contributed by atoms with Crippen LogP contribution >= 0.6 is 0 Å². The van der Waals surface area contributed by atoms with Crippen molar-refractivity contribution in [2.75, 3.05) is 19.1 Å². The highest BCUT2D eigenvalue weighted by molar-refractivity contribution is 6.05. The molecule has 1 aliphatic rings. The standard InChI is InChI=1S/C23H22N2O4/c1-28-22(26)20-11-4-6-15-25(21(20)23(27)29-2)19-10-7-8-17(16-19)12-13-18-9-3-5-14-24-18/h3-11,14-16H,12-13H2,1-2H3. The van der Waals surface area contributed by atoms with Crippen molar-refractivity contribution in [3.63, 3.8) is 0 Å². The molecule has 0 N–H and O–H groups in total. The van der Waals surface area contributed by atoms with Gasteiger partial charge in [0.15, 0.2) is 0 Å². The van der Waals surface area contributed by atoms with Gasteiger partial charge in [0, 0.05) is 23.8 Å². The molecule has 0 bridgehead atoms. The highest BCUT2D eigenvalue weighted by Crippen LogP contribution is 2.27. The third-order valence-electron chi connectivity index (χ3n) is 4.47. The minimum Gasteiger partial charge on any atom is -0.465 e.